The molecule has 0 aliphatic carbocycles. The lowest BCUT2D eigenvalue weighted by atomic mass is 10.1. The van der Waals surface area contributed by atoms with E-state index in [2.05, 4.69) is 0 Å². The van der Waals surface area contributed by atoms with Crippen molar-refractivity contribution in [3.63, 3.8) is 0 Å². The van der Waals surface area contributed by atoms with Crippen molar-refractivity contribution >= 4 is 17.9 Å². The third-order valence-corrected chi connectivity index (χ3v) is 2.08. The quantitative estimate of drug-likeness (QED) is 0.487. The molecular formula is C11H12FNO4. The molecule has 0 aliphatic heterocycles. The first-order chi connectivity index (χ1) is 7.99. The summed E-state index contributed by atoms with van der Waals surface area (Å²) < 4.78 is 22.8. The van der Waals surface area contributed by atoms with Crippen LogP contribution in [0.15, 0.2) is 12.1 Å². The topological polar surface area (TPSA) is 78.6 Å². The highest BCUT2D eigenvalue weighted by Crippen LogP contribution is 2.29. The van der Waals surface area contributed by atoms with Crippen molar-refractivity contribution in [1.82, 2.24) is 0 Å². The van der Waals surface area contributed by atoms with Crippen molar-refractivity contribution in [1.29, 1.82) is 0 Å². The molecule has 1 unspecified atom stereocenters. The van der Waals surface area contributed by atoms with Crippen LogP contribution in [-0.2, 0) is 14.3 Å². The van der Waals surface area contributed by atoms with Gasteiger partial charge in [-0.2, -0.15) is 0 Å². The summed E-state index contributed by atoms with van der Waals surface area (Å²) in [5.74, 6) is -1.36. The van der Waals surface area contributed by atoms with Crippen molar-refractivity contribution in [3.05, 3.63) is 23.5 Å². The Labute approximate surface area is 97.3 Å². The van der Waals surface area contributed by atoms with E-state index in [4.69, 9.17) is 15.2 Å². The van der Waals surface area contributed by atoms with E-state index in [0.717, 1.165) is 13.0 Å². The number of esters is 1. The van der Waals surface area contributed by atoms with Crippen LogP contribution in [0.5, 0.6) is 5.75 Å². The molecule has 5 nitrogen and oxygen atoms in total. The average Bonchev–Trinajstić information content (AvgIpc) is 2.26. The van der Waals surface area contributed by atoms with Gasteiger partial charge in [0.25, 0.3) is 0 Å². The number of aldehydes is 1. The van der Waals surface area contributed by atoms with Crippen LogP contribution in [0.3, 0.4) is 0 Å². The van der Waals surface area contributed by atoms with Crippen LogP contribution in [0, 0.1) is 5.82 Å². The van der Waals surface area contributed by atoms with Crippen LogP contribution in [0.1, 0.15) is 18.6 Å². The maximum Gasteiger partial charge on any atom is 0.303 e. The van der Waals surface area contributed by atoms with Crippen LogP contribution in [0.4, 0.5) is 10.1 Å². The van der Waals surface area contributed by atoms with Gasteiger partial charge in [0, 0.05) is 24.2 Å². The van der Waals surface area contributed by atoms with E-state index in [0.29, 0.717) is 6.29 Å². The minimum Gasteiger partial charge on any atom is -0.494 e. The second-order valence-corrected chi connectivity index (χ2v) is 3.28. The highest BCUT2D eigenvalue weighted by Gasteiger charge is 2.19. The van der Waals surface area contributed by atoms with Gasteiger partial charge >= 0.3 is 5.97 Å². The SMILES string of the molecule is COc1cc(C(C=O)OC(C)=O)c(N)cc1F. The van der Waals surface area contributed by atoms with E-state index in [1.165, 1.54) is 13.2 Å². The number of carbonyl (C=O) groups excluding carboxylic acids is 2. The molecule has 1 aromatic carbocycles. The molecule has 0 saturated carbocycles. The smallest absolute Gasteiger partial charge is 0.303 e. The predicted octanol–water partition coefficient (Wildman–Crippen LogP) is 1.22. The van der Waals surface area contributed by atoms with Gasteiger partial charge < -0.3 is 15.2 Å². The number of methoxy groups -OCH3 is 1. The van der Waals surface area contributed by atoms with Gasteiger partial charge in [0.1, 0.15) is 0 Å². The molecule has 92 valence electrons. The highest BCUT2D eigenvalue weighted by molar-refractivity contribution is 5.73. The van der Waals surface area contributed by atoms with Gasteiger partial charge in [-0.05, 0) is 6.07 Å². The maximum absolute atomic E-state index is 13.3. The molecule has 0 aromatic heterocycles. The van der Waals surface area contributed by atoms with E-state index in [-0.39, 0.29) is 17.0 Å². The first-order valence-corrected chi connectivity index (χ1v) is 4.75. The molecule has 0 amide bonds. The van der Waals surface area contributed by atoms with Crippen LogP contribution < -0.4 is 10.5 Å². The lowest BCUT2D eigenvalue weighted by Gasteiger charge is -2.14. The van der Waals surface area contributed by atoms with Gasteiger partial charge in [-0.3, -0.25) is 9.59 Å². The summed E-state index contributed by atoms with van der Waals surface area (Å²) in [6, 6.07) is 2.24. The molecule has 0 fully saturated rings. The number of rotatable bonds is 4. The van der Waals surface area contributed by atoms with Crippen LogP contribution in [-0.4, -0.2) is 19.4 Å². The van der Waals surface area contributed by atoms with Crippen LogP contribution >= 0.6 is 0 Å². The minimum atomic E-state index is -1.16. The Bertz CT molecular complexity index is 447. The maximum atomic E-state index is 13.3. The van der Waals surface area contributed by atoms with Crippen molar-refractivity contribution < 1.29 is 23.5 Å². The molecule has 1 rings (SSSR count). The minimum absolute atomic E-state index is 0.0154. The molecule has 6 heteroatoms. The standard InChI is InChI=1S/C11H12FNO4/c1-6(15)17-11(5-14)7-3-10(16-2)8(12)4-9(7)13/h3-5,11H,13H2,1-2H3. The van der Waals surface area contributed by atoms with Gasteiger partial charge in [0.2, 0.25) is 0 Å². The van der Waals surface area contributed by atoms with Crippen molar-refractivity contribution in [3.8, 4) is 5.75 Å². The Morgan fingerprint density at radius 2 is 2.18 bits per heavy atom. The van der Waals surface area contributed by atoms with E-state index >= 15 is 0 Å². The zero-order chi connectivity index (χ0) is 13.0. The molecule has 0 aliphatic rings. The van der Waals surface area contributed by atoms with Gasteiger partial charge in [-0.15, -0.1) is 0 Å². The number of benzene rings is 1. The summed E-state index contributed by atoms with van der Waals surface area (Å²) in [5, 5.41) is 0. The Hall–Kier alpha value is -2.11. The first kappa shape index (κ1) is 13.0. The predicted molar refractivity (Wildman–Crippen MR) is 57.9 cm³/mol. The number of ether oxygens (including phenoxy) is 2. The molecule has 0 bridgehead atoms. The molecule has 0 heterocycles. The first-order valence-electron chi connectivity index (χ1n) is 4.75. The summed E-state index contributed by atoms with van der Waals surface area (Å²) in [6.07, 6.45) is -0.758. The Kier molecular flexibility index (Phi) is 4.03. The monoisotopic (exact) mass is 241 g/mol. The number of nitrogens with two attached hydrogens (primary N) is 1. The Balaban J connectivity index is 3.18. The zero-order valence-electron chi connectivity index (χ0n) is 9.40. The number of anilines is 1. The fourth-order valence-electron chi connectivity index (χ4n) is 1.33. The number of hydrogen-bond donors (Lipinski definition) is 1. The van der Waals surface area contributed by atoms with Crippen molar-refractivity contribution in [2.24, 2.45) is 0 Å². The lowest BCUT2D eigenvalue weighted by molar-refractivity contribution is -0.149. The molecule has 0 radical (unpaired) electrons. The normalized spacial score (nSPS) is 11.7. The van der Waals surface area contributed by atoms with Gasteiger partial charge in [0.15, 0.2) is 24.0 Å². The van der Waals surface area contributed by atoms with E-state index in [9.17, 15) is 14.0 Å². The van der Waals surface area contributed by atoms with Gasteiger partial charge in [-0.25, -0.2) is 4.39 Å². The molecule has 0 saturated heterocycles. The molecular weight excluding hydrogens is 229 g/mol. The second-order valence-electron chi connectivity index (χ2n) is 3.28. The third-order valence-electron chi connectivity index (χ3n) is 2.08. The third kappa shape index (κ3) is 2.93. The van der Waals surface area contributed by atoms with E-state index in [1.54, 1.807) is 0 Å². The Morgan fingerprint density at radius 3 is 2.65 bits per heavy atom. The molecule has 1 aromatic rings. The summed E-state index contributed by atoms with van der Waals surface area (Å²) in [5.41, 5.74) is 5.76. The number of nitrogen functional groups attached to an aromatic ring is 1. The molecule has 17 heavy (non-hydrogen) atoms. The fraction of sp³-hybridized carbons (Fsp3) is 0.273. The van der Waals surface area contributed by atoms with Crippen LogP contribution in [0.2, 0.25) is 0 Å². The van der Waals surface area contributed by atoms with Gasteiger partial charge in [-0.1, -0.05) is 0 Å². The summed E-state index contributed by atoms with van der Waals surface area (Å²) in [7, 11) is 1.28. The summed E-state index contributed by atoms with van der Waals surface area (Å²) >= 11 is 0. The average molecular weight is 241 g/mol. The van der Waals surface area contributed by atoms with E-state index in [1.807, 2.05) is 0 Å². The Morgan fingerprint density at radius 1 is 1.53 bits per heavy atom. The number of carbonyl (C=O) groups is 2. The number of hydrogen-bond acceptors (Lipinski definition) is 5. The summed E-state index contributed by atoms with van der Waals surface area (Å²) in [6.45, 7) is 1.16. The van der Waals surface area contributed by atoms with Crippen molar-refractivity contribution in [2.45, 2.75) is 13.0 Å². The second kappa shape index (κ2) is 5.29. The molecule has 0 spiro atoms. The lowest BCUT2D eigenvalue weighted by Crippen LogP contribution is -2.12. The molecule has 1 atom stereocenters. The molecule has 2 N–H and O–H groups in total. The van der Waals surface area contributed by atoms with E-state index < -0.39 is 17.9 Å². The summed E-state index contributed by atoms with van der Waals surface area (Å²) in [4.78, 5) is 21.6. The fourth-order valence-corrected chi connectivity index (χ4v) is 1.33. The zero-order valence-corrected chi connectivity index (χ0v) is 9.40. The van der Waals surface area contributed by atoms with Crippen LogP contribution in [0.25, 0.3) is 0 Å². The largest absolute Gasteiger partial charge is 0.494 e. The van der Waals surface area contributed by atoms with Gasteiger partial charge in [0.05, 0.1) is 7.11 Å². The van der Waals surface area contributed by atoms with Crippen molar-refractivity contribution in [2.75, 3.05) is 12.8 Å². The highest BCUT2D eigenvalue weighted by atomic mass is 19.1. The number of halogens is 1.